The maximum Gasteiger partial charge on any atom is 0.316 e. The van der Waals surface area contributed by atoms with E-state index in [1.165, 1.54) is 22.8 Å². The Balaban J connectivity index is 1.75. The molecular weight excluding hydrogens is 385 g/mol. The molecule has 0 radical (unpaired) electrons. The van der Waals surface area contributed by atoms with Gasteiger partial charge in [0.1, 0.15) is 6.10 Å². The van der Waals surface area contributed by atoms with Crippen molar-refractivity contribution in [1.29, 1.82) is 0 Å². The number of halogens is 2. The van der Waals surface area contributed by atoms with Crippen molar-refractivity contribution in [3.8, 4) is 6.01 Å². The predicted octanol–water partition coefficient (Wildman–Crippen LogP) is 3.32. The number of piperidine rings is 1. The number of sulfonamides is 1. The third-order valence-electron chi connectivity index (χ3n) is 3.99. The number of benzene rings is 1. The number of hydrogen-bond donors (Lipinski definition) is 0. The van der Waals surface area contributed by atoms with Gasteiger partial charge in [-0.15, -0.1) is 0 Å². The van der Waals surface area contributed by atoms with E-state index in [0.29, 0.717) is 23.0 Å². The van der Waals surface area contributed by atoms with Crippen molar-refractivity contribution >= 4 is 33.2 Å². The standard InChI is InChI=1S/C16H17Cl2N3O3S/c1-11-4-5-14(7-15(11)18)25(22,23)21-6-2-3-13(10-21)24-16-19-8-12(17)9-20-16/h4-5,7-9,13H,2-3,6,10H2,1H3. The number of nitrogens with zero attached hydrogens (tertiary/aromatic N) is 3. The van der Waals surface area contributed by atoms with Crippen molar-refractivity contribution in [1.82, 2.24) is 14.3 Å². The highest BCUT2D eigenvalue weighted by Crippen LogP contribution is 2.26. The average Bonchev–Trinajstić information content (AvgIpc) is 2.59. The molecule has 1 fully saturated rings. The summed E-state index contributed by atoms with van der Waals surface area (Å²) in [5, 5.41) is 0.844. The minimum absolute atomic E-state index is 0.187. The summed E-state index contributed by atoms with van der Waals surface area (Å²) in [6.07, 6.45) is 3.99. The summed E-state index contributed by atoms with van der Waals surface area (Å²) >= 11 is 11.8. The number of ether oxygens (including phenoxy) is 1. The highest BCUT2D eigenvalue weighted by Gasteiger charge is 2.31. The molecule has 2 aromatic rings. The van der Waals surface area contributed by atoms with Crippen LogP contribution in [-0.4, -0.2) is 41.9 Å². The summed E-state index contributed by atoms with van der Waals surface area (Å²) in [7, 11) is -3.63. The van der Waals surface area contributed by atoms with E-state index in [-0.39, 0.29) is 23.6 Å². The normalized spacial score (nSPS) is 18.9. The van der Waals surface area contributed by atoms with Gasteiger partial charge in [-0.3, -0.25) is 0 Å². The van der Waals surface area contributed by atoms with Gasteiger partial charge in [0.25, 0.3) is 0 Å². The van der Waals surface area contributed by atoms with Crippen LogP contribution in [0.1, 0.15) is 18.4 Å². The largest absolute Gasteiger partial charge is 0.459 e. The summed E-state index contributed by atoms with van der Waals surface area (Å²) < 4.78 is 32.8. The maximum atomic E-state index is 12.9. The summed E-state index contributed by atoms with van der Waals surface area (Å²) in [4.78, 5) is 8.16. The average molecular weight is 402 g/mol. The molecule has 1 aliphatic heterocycles. The molecule has 0 saturated carbocycles. The van der Waals surface area contributed by atoms with Crippen LogP contribution in [0.2, 0.25) is 10.0 Å². The fraction of sp³-hybridized carbons (Fsp3) is 0.375. The van der Waals surface area contributed by atoms with Crippen molar-refractivity contribution in [3.05, 3.63) is 46.2 Å². The van der Waals surface area contributed by atoms with Crippen molar-refractivity contribution in [2.24, 2.45) is 0 Å². The molecule has 0 aliphatic carbocycles. The van der Waals surface area contributed by atoms with Gasteiger partial charge in [-0.25, -0.2) is 18.4 Å². The van der Waals surface area contributed by atoms with Crippen LogP contribution in [0, 0.1) is 6.92 Å². The Bertz CT molecular complexity index is 859. The summed E-state index contributed by atoms with van der Waals surface area (Å²) in [6.45, 7) is 2.50. The molecule has 1 atom stereocenters. The lowest BCUT2D eigenvalue weighted by Crippen LogP contribution is -2.44. The van der Waals surface area contributed by atoms with E-state index in [4.69, 9.17) is 27.9 Å². The first-order valence-electron chi connectivity index (χ1n) is 7.77. The van der Waals surface area contributed by atoms with E-state index in [9.17, 15) is 8.42 Å². The van der Waals surface area contributed by atoms with Crippen LogP contribution in [-0.2, 0) is 10.0 Å². The maximum absolute atomic E-state index is 12.9. The minimum atomic E-state index is -3.63. The molecule has 1 aromatic carbocycles. The van der Waals surface area contributed by atoms with Crippen molar-refractivity contribution in [3.63, 3.8) is 0 Å². The van der Waals surface area contributed by atoms with Gasteiger partial charge in [-0.05, 0) is 37.5 Å². The SMILES string of the molecule is Cc1ccc(S(=O)(=O)N2CCCC(Oc3ncc(Cl)cn3)C2)cc1Cl. The quantitative estimate of drug-likeness (QED) is 0.785. The zero-order chi connectivity index (χ0) is 18.0. The number of rotatable bonds is 4. The molecule has 134 valence electrons. The van der Waals surface area contributed by atoms with E-state index < -0.39 is 10.0 Å². The smallest absolute Gasteiger partial charge is 0.316 e. The Morgan fingerprint density at radius 2 is 1.96 bits per heavy atom. The molecule has 3 rings (SSSR count). The van der Waals surface area contributed by atoms with Crippen LogP contribution in [0.5, 0.6) is 6.01 Å². The number of aromatic nitrogens is 2. The topological polar surface area (TPSA) is 72.4 Å². The van der Waals surface area contributed by atoms with Gasteiger partial charge in [0, 0.05) is 11.6 Å². The van der Waals surface area contributed by atoms with Crippen molar-refractivity contribution < 1.29 is 13.2 Å². The van der Waals surface area contributed by atoms with Crippen molar-refractivity contribution in [2.45, 2.75) is 30.8 Å². The van der Waals surface area contributed by atoms with Gasteiger partial charge in [0.05, 0.1) is 28.9 Å². The molecular formula is C16H17Cl2N3O3S. The molecule has 1 aromatic heterocycles. The molecule has 1 aliphatic rings. The third-order valence-corrected chi connectivity index (χ3v) is 6.45. The molecule has 2 heterocycles. The number of hydrogen-bond acceptors (Lipinski definition) is 5. The lowest BCUT2D eigenvalue weighted by Gasteiger charge is -2.31. The van der Waals surface area contributed by atoms with Crippen LogP contribution in [0.15, 0.2) is 35.5 Å². The molecule has 9 heteroatoms. The first kappa shape index (κ1) is 18.4. The highest BCUT2D eigenvalue weighted by molar-refractivity contribution is 7.89. The van der Waals surface area contributed by atoms with E-state index in [1.807, 2.05) is 6.92 Å². The van der Waals surface area contributed by atoms with Crippen LogP contribution in [0.4, 0.5) is 0 Å². The predicted molar refractivity (Wildman–Crippen MR) is 95.6 cm³/mol. The van der Waals surface area contributed by atoms with E-state index >= 15 is 0 Å². The Hall–Kier alpha value is -1.41. The molecule has 0 bridgehead atoms. The molecule has 0 N–H and O–H groups in total. The fourth-order valence-corrected chi connectivity index (χ4v) is 4.49. The Morgan fingerprint density at radius 3 is 2.64 bits per heavy atom. The lowest BCUT2D eigenvalue weighted by atomic mass is 10.1. The lowest BCUT2D eigenvalue weighted by molar-refractivity contribution is 0.119. The second-order valence-electron chi connectivity index (χ2n) is 5.84. The summed E-state index contributed by atoms with van der Waals surface area (Å²) in [5.74, 6) is 0. The van der Waals surface area contributed by atoms with Crippen LogP contribution in [0.3, 0.4) is 0 Å². The van der Waals surface area contributed by atoms with Gasteiger partial charge >= 0.3 is 6.01 Å². The van der Waals surface area contributed by atoms with Gasteiger partial charge in [0.2, 0.25) is 10.0 Å². The Morgan fingerprint density at radius 1 is 1.24 bits per heavy atom. The minimum Gasteiger partial charge on any atom is -0.459 e. The van der Waals surface area contributed by atoms with Crippen LogP contribution < -0.4 is 4.74 Å². The van der Waals surface area contributed by atoms with Crippen molar-refractivity contribution in [2.75, 3.05) is 13.1 Å². The zero-order valence-corrected chi connectivity index (χ0v) is 15.9. The molecule has 6 nitrogen and oxygen atoms in total. The summed E-state index contributed by atoms with van der Waals surface area (Å²) in [5.41, 5.74) is 0.834. The van der Waals surface area contributed by atoms with Crippen LogP contribution >= 0.6 is 23.2 Å². The highest BCUT2D eigenvalue weighted by atomic mass is 35.5. The molecule has 0 amide bonds. The Labute approximate surface area is 156 Å². The van der Waals surface area contributed by atoms with Crippen LogP contribution in [0.25, 0.3) is 0 Å². The monoisotopic (exact) mass is 401 g/mol. The van der Waals surface area contributed by atoms with Gasteiger partial charge in [-0.2, -0.15) is 4.31 Å². The van der Waals surface area contributed by atoms with E-state index in [1.54, 1.807) is 12.1 Å². The van der Waals surface area contributed by atoms with E-state index in [2.05, 4.69) is 9.97 Å². The Kier molecular flexibility index (Phi) is 5.48. The van der Waals surface area contributed by atoms with Gasteiger partial charge < -0.3 is 4.74 Å². The number of aryl methyl sites for hydroxylation is 1. The fourth-order valence-electron chi connectivity index (χ4n) is 2.61. The molecule has 1 unspecified atom stereocenters. The third kappa shape index (κ3) is 4.23. The van der Waals surface area contributed by atoms with Gasteiger partial charge in [-0.1, -0.05) is 29.3 Å². The summed E-state index contributed by atoms with van der Waals surface area (Å²) in [6, 6.07) is 4.95. The molecule has 0 spiro atoms. The second-order valence-corrected chi connectivity index (χ2v) is 8.62. The molecule has 1 saturated heterocycles. The zero-order valence-electron chi connectivity index (χ0n) is 13.5. The molecule has 25 heavy (non-hydrogen) atoms. The van der Waals surface area contributed by atoms with Gasteiger partial charge in [0.15, 0.2) is 0 Å². The first-order chi connectivity index (χ1) is 11.9. The first-order valence-corrected chi connectivity index (χ1v) is 9.96. The van der Waals surface area contributed by atoms with E-state index in [0.717, 1.165) is 12.0 Å². The second kappa shape index (κ2) is 7.45.